The van der Waals surface area contributed by atoms with Gasteiger partial charge in [0.2, 0.25) is 5.16 Å². The third-order valence-electron chi connectivity index (χ3n) is 4.13. The standard InChI is InChI=1S/C19H20Cl2FN5O2S/c1-27-19(24-25-26-27)30-7-6-23-10-12-8-15(21)18(17(9-12)28-2)29-11-13-14(20)4-3-5-16(13)22/h3-5,8-9,23H,6-7,10-11H2,1-2H3. The lowest BCUT2D eigenvalue weighted by molar-refractivity contribution is 0.280. The summed E-state index contributed by atoms with van der Waals surface area (Å²) in [5, 5.41) is 16.1. The zero-order valence-corrected chi connectivity index (χ0v) is 18.7. The van der Waals surface area contributed by atoms with Crippen molar-refractivity contribution in [2.45, 2.75) is 18.3 Å². The molecule has 1 heterocycles. The zero-order valence-electron chi connectivity index (χ0n) is 16.4. The fourth-order valence-electron chi connectivity index (χ4n) is 2.62. The minimum atomic E-state index is -0.437. The van der Waals surface area contributed by atoms with E-state index in [1.165, 1.54) is 13.2 Å². The van der Waals surface area contributed by atoms with Crippen molar-refractivity contribution in [1.29, 1.82) is 0 Å². The van der Waals surface area contributed by atoms with Crippen LogP contribution in [0.2, 0.25) is 10.0 Å². The molecule has 2 aromatic carbocycles. The van der Waals surface area contributed by atoms with Crippen LogP contribution in [0, 0.1) is 5.82 Å². The molecule has 0 bridgehead atoms. The van der Waals surface area contributed by atoms with Gasteiger partial charge in [-0.15, -0.1) is 5.10 Å². The van der Waals surface area contributed by atoms with E-state index in [9.17, 15) is 4.39 Å². The second-order valence-corrected chi connectivity index (χ2v) is 8.08. The molecule has 11 heteroatoms. The summed E-state index contributed by atoms with van der Waals surface area (Å²) >= 11 is 14.0. The Labute approximate surface area is 187 Å². The number of halogens is 3. The van der Waals surface area contributed by atoms with Crippen molar-refractivity contribution in [3.8, 4) is 11.5 Å². The lowest BCUT2D eigenvalue weighted by Gasteiger charge is -2.15. The van der Waals surface area contributed by atoms with Crippen molar-refractivity contribution >= 4 is 35.0 Å². The van der Waals surface area contributed by atoms with Crippen molar-refractivity contribution in [1.82, 2.24) is 25.5 Å². The first-order chi connectivity index (χ1) is 14.5. The van der Waals surface area contributed by atoms with Gasteiger partial charge in [0, 0.05) is 31.5 Å². The molecule has 3 aromatic rings. The van der Waals surface area contributed by atoms with Crippen LogP contribution in [-0.4, -0.2) is 39.6 Å². The number of tetrazole rings is 1. The number of thioether (sulfide) groups is 1. The molecule has 0 aliphatic rings. The van der Waals surface area contributed by atoms with Crippen LogP contribution >= 0.6 is 35.0 Å². The van der Waals surface area contributed by atoms with Gasteiger partial charge in [-0.1, -0.05) is 41.0 Å². The summed E-state index contributed by atoms with van der Waals surface area (Å²) in [5.41, 5.74) is 1.19. The van der Waals surface area contributed by atoms with Gasteiger partial charge in [0.25, 0.3) is 0 Å². The first kappa shape index (κ1) is 22.6. The fraction of sp³-hybridized carbons (Fsp3) is 0.316. The Morgan fingerprint density at radius 2 is 2.07 bits per heavy atom. The number of aromatic nitrogens is 4. The number of aryl methyl sites for hydroxylation is 1. The molecule has 1 N–H and O–H groups in total. The second kappa shape index (κ2) is 10.8. The van der Waals surface area contributed by atoms with E-state index in [2.05, 4.69) is 20.8 Å². The summed E-state index contributed by atoms with van der Waals surface area (Å²) in [4.78, 5) is 0. The van der Waals surface area contributed by atoms with Crippen LogP contribution in [0.15, 0.2) is 35.5 Å². The number of nitrogens with zero attached hydrogens (tertiary/aromatic N) is 4. The summed E-state index contributed by atoms with van der Waals surface area (Å²) in [6.07, 6.45) is 0. The molecule has 0 saturated heterocycles. The zero-order chi connectivity index (χ0) is 21.5. The van der Waals surface area contributed by atoms with Crippen LogP contribution in [0.3, 0.4) is 0 Å². The van der Waals surface area contributed by atoms with Gasteiger partial charge < -0.3 is 14.8 Å². The van der Waals surface area contributed by atoms with Crippen LogP contribution in [-0.2, 0) is 20.2 Å². The Bertz CT molecular complexity index is 985. The lowest BCUT2D eigenvalue weighted by atomic mass is 10.2. The highest BCUT2D eigenvalue weighted by atomic mass is 35.5. The van der Waals surface area contributed by atoms with Gasteiger partial charge in [-0.2, -0.15) is 0 Å². The minimum Gasteiger partial charge on any atom is -0.493 e. The van der Waals surface area contributed by atoms with Gasteiger partial charge in [0.15, 0.2) is 11.5 Å². The molecule has 0 saturated carbocycles. The molecular formula is C19H20Cl2FN5O2S. The first-order valence-corrected chi connectivity index (χ1v) is 10.7. The van der Waals surface area contributed by atoms with Gasteiger partial charge in [0.1, 0.15) is 12.4 Å². The van der Waals surface area contributed by atoms with E-state index in [-0.39, 0.29) is 12.2 Å². The SMILES string of the molecule is COc1cc(CNCCSc2nnnn2C)cc(Cl)c1OCc1c(F)cccc1Cl. The molecule has 0 amide bonds. The second-order valence-electron chi connectivity index (χ2n) is 6.21. The summed E-state index contributed by atoms with van der Waals surface area (Å²) in [5.74, 6) is 1.18. The smallest absolute Gasteiger partial charge is 0.209 e. The van der Waals surface area contributed by atoms with E-state index in [1.54, 1.807) is 41.7 Å². The topological polar surface area (TPSA) is 74.1 Å². The molecule has 0 fully saturated rings. The normalized spacial score (nSPS) is 11.0. The molecule has 7 nitrogen and oxygen atoms in total. The van der Waals surface area contributed by atoms with E-state index < -0.39 is 5.82 Å². The largest absolute Gasteiger partial charge is 0.493 e. The maximum Gasteiger partial charge on any atom is 0.209 e. The summed E-state index contributed by atoms with van der Waals surface area (Å²) in [7, 11) is 3.32. The van der Waals surface area contributed by atoms with Crippen LogP contribution in [0.4, 0.5) is 4.39 Å². The van der Waals surface area contributed by atoms with Crippen molar-refractivity contribution in [3.05, 3.63) is 57.3 Å². The molecule has 0 spiro atoms. The molecule has 0 atom stereocenters. The van der Waals surface area contributed by atoms with Crippen LogP contribution in [0.25, 0.3) is 0 Å². The summed E-state index contributed by atoms with van der Waals surface area (Å²) in [6.45, 7) is 1.28. The number of methoxy groups -OCH3 is 1. The van der Waals surface area contributed by atoms with Gasteiger partial charge in [-0.25, -0.2) is 9.07 Å². The monoisotopic (exact) mass is 471 g/mol. The third-order valence-corrected chi connectivity index (χ3v) is 5.78. The van der Waals surface area contributed by atoms with E-state index in [0.717, 1.165) is 23.0 Å². The van der Waals surface area contributed by atoms with E-state index >= 15 is 0 Å². The molecule has 30 heavy (non-hydrogen) atoms. The van der Waals surface area contributed by atoms with Crippen LogP contribution in [0.1, 0.15) is 11.1 Å². The Balaban J connectivity index is 1.57. The van der Waals surface area contributed by atoms with E-state index in [4.69, 9.17) is 32.7 Å². The maximum atomic E-state index is 14.0. The van der Waals surface area contributed by atoms with Crippen LogP contribution < -0.4 is 14.8 Å². The molecule has 0 radical (unpaired) electrons. The summed E-state index contributed by atoms with van der Waals surface area (Å²) in [6, 6.07) is 8.10. The molecule has 3 rings (SSSR count). The number of hydrogen-bond donors (Lipinski definition) is 1. The van der Waals surface area contributed by atoms with Crippen molar-refractivity contribution in [2.75, 3.05) is 19.4 Å². The number of hydrogen-bond acceptors (Lipinski definition) is 7. The highest BCUT2D eigenvalue weighted by molar-refractivity contribution is 7.99. The van der Waals surface area contributed by atoms with Gasteiger partial charge in [-0.3, -0.25) is 0 Å². The van der Waals surface area contributed by atoms with Gasteiger partial charge >= 0.3 is 0 Å². The van der Waals surface area contributed by atoms with Crippen molar-refractivity contribution < 1.29 is 13.9 Å². The third kappa shape index (κ3) is 5.75. The molecule has 0 aliphatic heterocycles. The minimum absolute atomic E-state index is 0.0622. The quantitative estimate of drug-likeness (QED) is 0.352. The average molecular weight is 472 g/mol. The van der Waals surface area contributed by atoms with E-state index in [1.807, 2.05) is 6.07 Å². The Hall–Kier alpha value is -2.07. The fourth-order valence-corrected chi connectivity index (χ4v) is 3.87. The number of rotatable bonds is 10. The van der Waals surface area contributed by atoms with Gasteiger partial charge in [-0.05, 0) is 40.3 Å². The molecular weight excluding hydrogens is 452 g/mol. The molecule has 0 unspecified atom stereocenters. The first-order valence-electron chi connectivity index (χ1n) is 8.97. The Morgan fingerprint density at radius 1 is 1.23 bits per heavy atom. The van der Waals surface area contributed by atoms with Crippen molar-refractivity contribution in [3.63, 3.8) is 0 Å². The predicted octanol–water partition coefficient (Wildman–Crippen LogP) is 4.13. The van der Waals surface area contributed by atoms with Gasteiger partial charge in [0.05, 0.1) is 17.2 Å². The number of benzene rings is 2. The lowest BCUT2D eigenvalue weighted by Crippen LogP contribution is -2.17. The molecule has 1 aromatic heterocycles. The Kier molecular flexibility index (Phi) is 8.15. The highest BCUT2D eigenvalue weighted by Crippen LogP contribution is 2.37. The number of ether oxygens (including phenoxy) is 2. The van der Waals surface area contributed by atoms with Crippen molar-refractivity contribution in [2.24, 2.45) is 7.05 Å². The maximum absolute atomic E-state index is 14.0. The predicted molar refractivity (Wildman–Crippen MR) is 115 cm³/mol. The molecule has 0 aliphatic carbocycles. The highest BCUT2D eigenvalue weighted by Gasteiger charge is 2.15. The molecule has 160 valence electrons. The van der Waals surface area contributed by atoms with E-state index in [0.29, 0.717) is 28.1 Å². The average Bonchev–Trinajstić information content (AvgIpc) is 3.13. The number of nitrogens with one attached hydrogen (secondary N) is 1. The summed E-state index contributed by atoms with van der Waals surface area (Å²) < 4.78 is 26.7. The van der Waals surface area contributed by atoms with Crippen LogP contribution in [0.5, 0.6) is 11.5 Å². The Morgan fingerprint density at radius 3 is 2.77 bits per heavy atom.